The van der Waals surface area contributed by atoms with Gasteiger partial charge in [-0.1, -0.05) is 60.7 Å². The smallest absolute Gasteiger partial charge is 0.164 e. The summed E-state index contributed by atoms with van der Waals surface area (Å²) in [4.78, 5) is 0. The van der Waals surface area contributed by atoms with Crippen molar-refractivity contribution in [2.24, 2.45) is 0 Å². The Bertz CT molecular complexity index is 571. The Labute approximate surface area is 136 Å². The van der Waals surface area contributed by atoms with Crippen molar-refractivity contribution in [3.63, 3.8) is 0 Å². The maximum absolute atomic E-state index is 10.7. The molecule has 4 atom stereocenters. The van der Waals surface area contributed by atoms with Crippen LogP contribution in [-0.4, -0.2) is 28.2 Å². The molecule has 0 aliphatic carbocycles. The second kappa shape index (κ2) is 6.42. The van der Waals surface area contributed by atoms with Crippen molar-refractivity contribution in [3.8, 4) is 0 Å². The van der Waals surface area contributed by atoms with Crippen LogP contribution in [-0.2, 0) is 9.47 Å². The first kappa shape index (κ1) is 16.1. The molecule has 0 radical (unpaired) electrons. The highest BCUT2D eigenvalue weighted by atomic mass is 16.8. The molecule has 1 heterocycles. The standard InChI is InChI=1S/C19H22O4/c1-19(2)22-17(15(20)13-9-5-3-6-10-13)18(23-19)16(21)14-11-7-4-8-12-14/h3-12,15-18,20-21H,1-2H3/t15-,16-,17+,18+/m1/s1. The third-order valence-corrected chi connectivity index (χ3v) is 4.07. The van der Waals surface area contributed by atoms with Crippen molar-refractivity contribution < 1.29 is 19.7 Å². The van der Waals surface area contributed by atoms with Crippen molar-refractivity contribution in [1.82, 2.24) is 0 Å². The zero-order valence-electron chi connectivity index (χ0n) is 13.3. The average Bonchev–Trinajstić information content (AvgIpc) is 2.91. The van der Waals surface area contributed by atoms with Gasteiger partial charge < -0.3 is 19.7 Å². The molecule has 4 nitrogen and oxygen atoms in total. The van der Waals surface area contributed by atoms with Gasteiger partial charge in [0.25, 0.3) is 0 Å². The van der Waals surface area contributed by atoms with Gasteiger partial charge in [0.05, 0.1) is 0 Å². The summed E-state index contributed by atoms with van der Waals surface area (Å²) in [6, 6.07) is 18.6. The zero-order valence-corrected chi connectivity index (χ0v) is 13.3. The molecule has 0 bridgehead atoms. The van der Waals surface area contributed by atoms with E-state index in [2.05, 4.69) is 0 Å². The third-order valence-electron chi connectivity index (χ3n) is 4.07. The number of benzene rings is 2. The highest BCUT2D eigenvalue weighted by molar-refractivity contribution is 5.22. The molecule has 2 N–H and O–H groups in total. The fourth-order valence-electron chi connectivity index (χ4n) is 2.99. The van der Waals surface area contributed by atoms with Crippen LogP contribution in [0.3, 0.4) is 0 Å². The van der Waals surface area contributed by atoms with Gasteiger partial charge in [-0.25, -0.2) is 0 Å². The van der Waals surface area contributed by atoms with E-state index in [1.807, 2.05) is 60.7 Å². The van der Waals surface area contributed by atoms with Crippen LogP contribution in [0.15, 0.2) is 60.7 Å². The number of rotatable bonds is 4. The van der Waals surface area contributed by atoms with Gasteiger partial charge in [0.1, 0.15) is 24.4 Å². The van der Waals surface area contributed by atoms with Crippen LogP contribution in [0.2, 0.25) is 0 Å². The third kappa shape index (κ3) is 3.46. The van der Waals surface area contributed by atoms with Crippen LogP contribution in [0, 0.1) is 0 Å². The Morgan fingerprint density at radius 1 is 0.739 bits per heavy atom. The molecule has 0 saturated carbocycles. The minimum Gasteiger partial charge on any atom is -0.386 e. The van der Waals surface area contributed by atoms with Crippen LogP contribution >= 0.6 is 0 Å². The van der Waals surface area contributed by atoms with E-state index in [0.29, 0.717) is 0 Å². The average molecular weight is 314 g/mol. The lowest BCUT2D eigenvalue weighted by molar-refractivity contribution is -0.161. The van der Waals surface area contributed by atoms with Crippen LogP contribution in [0.1, 0.15) is 37.2 Å². The SMILES string of the molecule is CC1(C)O[C@@H]([C@H](O)c2ccccc2)[C@H]([C@H](O)c2ccccc2)O1. The molecule has 4 heteroatoms. The van der Waals surface area contributed by atoms with Crippen molar-refractivity contribution in [1.29, 1.82) is 0 Å². The fraction of sp³-hybridized carbons (Fsp3) is 0.368. The van der Waals surface area contributed by atoms with Gasteiger partial charge >= 0.3 is 0 Å². The number of ether oxygens (including phenoxy) is 2. The van der Waals surface area contributed by atoms with Crippen molar-refractivity contribution in [2.75, 3.05) is 0 Å². The molecule has 0 aromatic heterocycles. The topological polar surface area (TPSA) is 58.9 Å². The van der Waals surface area contributed by atoms with E-state index in [1.165, 1.54) is 0 Å². The monoisotopic (exact) mass is 314 g/mol. The summed E-state index contributed by atoms with van der Waals surface area (Å²) >= 11 is 0. The van der Waals surface area contributed by atoms with Gasteiger partial charge in [0, 0.05) is 0 Å². The van der Waals surface area contributed by atoms with E-state index in [9.17, 15) is 10.2 Å². The Balaban J connectivity index is 1.88. The molecule has 3 rings (SSSR count). The molecule has 1 aliphatic heterocycles. The molecule has 1 fully saturated rings. The first-order valence-corrected chi connectivity index (χ1v) is 7.79. The van der Waals surface area contributed by atoms with E-state index in [-0.39, 0.29) is 0 Å². The molecule has 23 heavy (non-hydrogen) atoms. The largest absolute Gasteiger partial charge is 0.386 e. The van der Waals surface area contributed by atoms with Crippen molar-refractivity contribution >= 4 is 0 Å². The summed E-state index contributed by atoms with van der Waals surface area (Å²) in [5, 5.41) is 21.4. The molecule has 1 saturated heterocycles. The second-order valence-corrected chi connectivity index (χ2v) is 6.28. The predicted octanol–water partition coefficient (Wildman–Crippen LogP) is 2.97. The normalized spacial score (nSPS) is 25.9. The van der Waals surface area contributed by atoms with Crippen LogP contribution in [0.25, 0.3) is 0 Å². The van der Waals surface area contributed by atoms with Gasteiger partial charge in [0.15, 0.2) is 5.79 Å². The van der Waals surface area contributed by atoms with Gasteiger partial charge in [0.2, 0.25) is 0 Å². The van der Waals surface area contributed by atoms with Gasteiger partial charge in [-0.05, 0) is 25.0 Å². The van der Waals surface area contributed by atoms with E-state index >= 15 is 0 Å². The second-order valence-electron chi connectivity index (χ2n) is 6.28. The highest BCUT2D eigenvalue weighted by Gasteiger charge is 2.48. The molecule has 2 aromatic carbocycles. The molecule has 1 aliphatic rings. The lowest BCUT2D eigenvalue weighted by atomic mass is 9.94. The molecule has 2 aromatic rings. The first-order chi connectivity index (χ1) is 11.0. The Morgan fingerprint density at radius 2 is 1.09 bits per heavy atom. The summed E-state index contributed by atoms with van der Waals surface area (Å²) in [5.74, 6) is -0.860. The summed E-state index contributed by atoms with van der Waals surface area (Å²) in [6.07, 6.45) is -3.05. The quantitative estimate of drug-likeness (QED) is 0.911. The molecule has 0 amide bonds. The first-order valence-electron chi connectivity index (χ1n) is 7.79. The van der Waals surface area contributed by atoms with Crippen LogP contribution in [0.4, 0.5) is 0 Å². The van der Waals surface area contributed by atoms with E-state index < -0.39 is 30.2 Å². The van der Waals surface area contributed by atoms with E-state index in [0.717, 1.165) is 11.1 Å². The Kier molecular flexibility index (Phi) is 4.50. The molecule has 122 valence electrons. The van der Waals surface area contributed by atoms with Gasteiger partial charge in [-0.15, -0.1) is 0 Å². The maximum Gasteiger partial charge on any atom is 0.164 e. The Hall–Kier alpha value is -1.72. The van der Waals surface area contributed by atoms with Gasteiger partial charge in [-0.3, -0.25) is 0 Å². The number of hydrogen-bond acceptors (Lipinski definition) is 4. The minimum atomic E-state index is -0.874. The van der Waals surface area contributed by atoms with E-state index in [1.54, 1.807) is 13.8 Å². The molecule has 0 spiro atoms. The summed E-state index contributed by atoms with van der Waals surface area (Å²) in [7, 11) is 0. The fourth-order valence-corrected chi connectivity index (χ4v) is 2.99. The number of aliphatic hydroxyl groups is 2. The lowest BCUT2D eigenvalue weighted by Gasteiger charge is -2.26. The van der Waals surface area contributed by atoms with Gasteiger partial charge in [-0.2, -0.15) is 0 Å². The highest BCUT2D eigenvalue weighted by Crippen LogP contribution is 2.40. The summed E-state index contributed by atoms with van der Waals surface area (Å²) < 4.78 is 11.8. The molecule has 0 unspecified atom stereocenters. The number of aliphatic hydroxyl groups excluding tert-OH is 2. The summed E-state index contributed by atoms with van der Waals surface area (Å²) in [6.45, 7) is 3.57. The zero-order chi connectivity index (χ0) is 16.4. The molecular weight excluding hydrogens is 292 g/mol. The Morgan fingerprint density at radius 3 is 1.43 bits per heavy atom. The maximum atomic E-state index is 10.7. The number of hydrogen-bond donors (Lipinski definition) is 2. The van der Waals surface area contributed by atoms with Crippen LogP contribution < -0.4 is 0 Å². The minimum absolute atomic E-state index is 0.650. The van der Waals surface area contributed by atoms with Crippen molar-refractivity contribution in [3.05, 3.63) is 71.8 Å². The lowest BCUT2D eigenvalue weighted by Crippen LogP contribution is -2.34. The van der Waals surface area contributed by atoms with Crippen LogP contribution in [0.5, 0.6) is 0 Å². The van der Waals surface area contributed by atoms with E-state index in [4.69, 9.17) is 9.47 Å². The summed E-state index contributed by atoms with van der Waals surface area (Å²) in [5.41, 5.74) is 1.48. The predicted molar refractivity (Wildman–Crippen MR) is 86.6 cm³/mol. The molecular formula is C19H22O4. The van der Waals surface area contributed by atoms with Crippen molar-refractivity contribution in [2.45, 2.75) is 44.1 Å².